The van der Waals surface area contributed by atoms with E-state index in [1.54, 1.807) is 0 Å². The lowest BCUT2D eigenvalue weighted by molar-refractivity contribution is 0.127. The highest BCUT2D eigenvalue weighted by molar-refractivity contribution is 7.90. The maximum atomic E-state index is 12.3. The van der Waals surface area contributed by atoms with Crippen molar-refractivity contribution in [2.24, 2.45) is 0 Å². The summed E-state index contributed by atoms with van der Waals surface area (Å²) >= 11 is 0. The van der Waals surface area contributed by atoms with E-state index in [0.717, 1.165) is 18.4 Å². The molecule has 1 aliphatic carbocycles. The molecule has 1 saturated heterocycles. The Morgan fingerprint density at radius 1 is 1.16 bits per heavy atom. The molecule has 104 valence electrons. The van der Waals surface area contributed by atoms with Crippen LogP contribution in [0.15, 0.2) is 24.3 Å². The summed E-state index contributed by atoms with van der Waals surface area (Å²) in [4.78, 5) is 0. The lowest BCUT2D eigenvalue weighted by atomic mass is 10.1. The maximum Gasteiger partial charge on any atom is 0.156 e. The molecule has 0 amide bonds. The zero-order valence-corrected chi connectivity index (χ0v) is 11.9. The Bertz CT molecular complexity index is 540. The molecule has 1 aromatic carbocycles. The van der Waals surface area contributed by atoms with E-state index in [-0.39, 0.29) is 17.6 Å². The molecule has 1 aromatic rings. The maximum absolute atomic E-state index is 12.3. The number of hydrogen-bond donors (Lipinski definition) is 0. The van der Waals surface area contributed by atoms with E-state index in [1.807, 2.05) is 18.2 Å². The van der Waals surface area contributed by atoms with Crippen molar-refractivity contribution in [2.45, 2.75) is 43.5 Å². The van der Waals surface area contributed by atoms with E-state index in [1.165, 1.54) is 18.4 Å². The van der Waals surface area contributed by atoms with Crippen molar-refractivity contribution in [3.63, 3.8) is 0 Å². The Hall–Kier alpha value is -0.870. The largest absolute Gasteiger partial charge is 0.377 e. The lowest BCUT2D eigenvalue weighted by Crippen LogP contribution is -2.21. The molecular formula is C15H20O3S. The van der Waals surface area contributed by atoms with Gasteiger partial charge in [-0.15, -0.1) is 0 Å². The van der Waals surface area contributed by atoms with Crippen LogP contribution in [0, 0.1) is 0 Å². The summed E-state index contributed by atoms with van der Waals surface area (Å²) in [5.41, 5.74) is 2.22. The van der Waals surface area contributed by atoms with Crippen LogP contribution in [-0.2, 0) is 20.3 Å². The molecule has 0 aromatic heterocycles. The molecule has 0 spiro atoms. The molecule has 0 radical (unpaired) electrons. The van der Waals surface area contributed by atoms with Crippen LogP contribution in [0.4, 0.5) is 0 Å². The molecule has 0 bridgehead atoms. The van der Waals surface area contributed by atoms with Crippen molar-refractivity contribution in [1.82, 2.24) is 0 Å². The normalized spacial score (nSPS) is 23.7. The second kappa shape index (κ2) is 5.25. The second-order valence-electron chi connectivity index (χ2n) is 5.66. The smallest absolute Gasteiger partial charge is 0.156 e. The first kappa shape index (κ1) is 13.1. The standard InChI is InChI=1S/C15H20O3S/c16-19(17,11-14-5-3-9-18-14)10-13-4-1-2-6-15(13)12-7-8-12/h1-2,4,6,12,14H,3,5,7-11H2/t14-/m1/s1. The van der Waals surface area contributed by atoms with Crippen LogP contribution in [0.3, 0.4) is 0 Å². The molecule has 2 fully saturated rings. The summed E-state index contributed by atoms with van der Waals surface area (Å²) in [5.74, 6) is 0.931. The molecule has 1 heterocycles. The topological polar surface area (TPSA) is 43.4 Å². The fraction of sp³-hybridized carbons (Fsp3) is 0.600. The van der Waals surface area contributed by atoms with Gasteiger partial charge in [-0.2, -0.15) is 0 Å². The summed E-state index contributed by atoms with van der Waals surface area (Å²) in [7, 11) is -3.07. The molecule has 4 heteroatoms. The molecule has 19 heavy (non-hydrogen) atoms. The first-order valence-corrected chi connectivity index (χ1v) is 8.86. The van der Waals surface area contributed by atoms with E-state index in [4.69, 9.17) is 4.74 Å². The van der Waals surface area contributed by atoms with Gasteiger partial charge in [0, 0.05) is 6.61 Å². The number of sulfone groups is 1. The van der Waals surface area contributed by atoms with Crippen molar-refractivity contribution in [1.29, 1.82) is 0 Å². The zero-order chi connectivity index (χ0) is 13.3. The number of hydrogen-bond acceptors (Lipinski definition) is 3. The van der Waals surface area contributed by atoms with Gasteiger partial charge >= 0.3 is 0 Å². The Balaban J connectivity index is 1.72. The van der Waals surface area contributed by atoms with Crippen LogP contribution in [0.2, 0.25) is 0 Å². The monoisotopic (exact) mass is 280 g/mol. The summed E-state index contributed by atoms with van der Waals surface area (Å²) in [6.45, 7) is 0.707. The fourth-order valence-electron chi connectivity index (χ4n) is 2.81. The molecule has 0 unspecified atom stereocenters. The van der Waals surface area contributed by atoms with Crippen LogP contribution in [0.5, 0.6) is 0 Å². The first-order chi connectivity index (χ1) is 9.14. The minimum atomic E-state index is -3.07. The summed E-state index contributed by atoms with van der Waals surface area (Å²) in [6.07, 6.45) is 4.17. The van der Waals surface area contributed by atoms with Crippen LogP contribution in [-0.4, -0.2) is 26.9 Å². The van der Waals surface area contributed by atoms with E-state index in [9.17, 15) is 8.42 Å². The van der Waals surface area contributed by atoms with Crippen molar-refractivity contribution in [2.75, 3.05) is 12.4 Å². The number of ether oxygens (including phenoxy) is 1. The van der Waals surface area contributed by atoms with Gasteiger partial charge in [0.2, 0.25) is 0 Å². The van der Waals surface area contributed by atoms with Crippen molar-refractivity contribution in [3.8, 4) is 0 Å². The highest BCUT2D eigenvalue weighted by Crippen LogP contribution is 2.42. The molecule has 1 aliphatic heterocycles. The highest BCUT2D eigenvalue weighted by atomic mass is 32.2. The van der Waals surface area contributed by atoms with Crippen molar-refractivity contribution >= 4 is 9.84 Å². The Morgan fingerprint density at radius 3 is 2.63 bits per heavy atom. The van der Waals surface area contributed by atoms with Crippen molar-refractivity contribution < 1.29 is 13.2 Å². The lowest BCUT2D eigenvalue weighted by Gasteiger charge is -2.12. The van der Waals surface area contributed by atoms with Gasteiger partial charge in [-0.25, -0.2) is 8.42 Å². The van der Waals surface area contributed by atoms with Gasteiger partial charge < -0.3 is 4.74 Å². The SMILES string of the molecule is O=S(=O)(Cc1ccccc1C1CC1)C[C@H]1CCCO1. The second-order valence-corrected chi connectivity index (χ2v) is 7.77. The molecule has 1 saturated carbocycles. The highest BCUT2D eigenvalue weighted by Gasteiger charge is 2.28. The average molecular weight is 280 g/mol. The van der Waals surface area contributed by atoms with Gasteiger partial charge in [0.15, 0.2) is 9.84 Å². The fourth-order valence-corrected chi connectivity index (χ4v) is 4.50. The zero-order valence-electron chi connectivity index (χ0n) is 11.0. The van der Waals surface area contributed by atoms with Crippen LogP contribution < -0.4 is 0 Å². The first-order valence-electron chi connectivity index (χ1n) is 7.04. The van der Waals surface area contributed by atoms with E-state index in [0.29, 0.717) is 12.5 Å². The summed E-state index contributed by atoms with van der Waals surface area (Å²) in [5, 5.41) is 0. The molecule has 1 atom stereocenters. The third-order valence-corrected chi connectivity index (χ3v) is 5.54. The Labute approximate surface area is 114 Å². The van der Waals surface area contributed by atoms with Crippen molar-refractivity contribution in [3.05, 3.63) is 35.4 Å². The predicted octanol–water partition coefficient (Wildman–Crippen LogP) is 2.66. The quantitative estimate of drug-likeness (QED) is 0.833. The minimum Gasteiger partial charge on any atom is -0.377 e. The third kappa shape index (κ3) is 3.37. The van der Waals surface area contributed by atoms with Crippen LogP contribution >= 0.6 is 0 Å². The van der Waals surface area contributed by atoms with Gasteiger partial charge in [0.25, 0.3) is 0 Å². The molecular weight excluding hydrogens is 260 g/mol. The van der Waals surface area contributed by atoms with Crippen LogP contribution in [0.25, 0.3) is 0 Å². The van der Waals surface area contributed by atoms with Gasteiger partial charge in [0.05, 0.1) is 17.6 Å². The molecule has 3 rings (SSSR count). The Morgan fingerprint density at radius 2 is 1.95 bits per heavy atom. The van der Waals surface area contributed by atoms with Gasteiger partial charge in [-0.1, -0.05) is 24.3 Å². The molecule has 2 aliphatic rings. The van der Waals surface area contributed by atoms with E-state index < -0.39 is 9.84 Å². The van der Waals surface area contributed by atoms with E-state index >= 15 is 0 Å². The predicted molar refractivity (Wildman–Crippen MR) is 74.9 cm³/mol. The third-order valence-electron chi connectivity index (χ3n) is 3.91. The number of rotatable bonds is 5. The van der Waals surface area contributed by atoms with E-state index in [2.05, 4.69) is 6.07 Å². The van der Waals surface area contributed by atoms with Gasteiger partial charge in [-0.3, -0.25) is 0 Å². The summed E-state index contributed by atoms with van der Waals surface area (Å²) < 4.78 is 30.0. The Kier molecular flexibility index (Phi) is 3.63. The van der Waals surface area contributed by atoms with Gasteiger partial charge in [-0.05, 0) is 42.7 Å². The molecule has 0 N–H and O–H groups in total. The number of benzene rings is 1. The van der Waals surface area contributed by atoms with Gasteiger partial charge in [0.1, 0.15) is 0 Å². The summed E-state index contributed by atoms with van der Waals surface area (Å²) in [6, 6.07) is 7.97. The molecule has 3 nitrogen and oxygen atoms in total. The minimum absolute atomic E-state index is 0.0851. The van der Waals surface area contributed by atoms with Crippen LogP contribution in [0.1, 0.15) is 42.7 Å². The average Bonchev–Trinajstić information content (AvgIpc) is 3.08.